The third-order valence-electron chi connectivity index (χ3n) is 6.70. The van der Waals surface area contributed by atoms with Gasteiger partial charge in [-0.05, 0) is 87.4 Å². The molecule has 0 spiro atoms. The van der Waals surface area contributed by atoms with E-state index in [1.165, 1.54) is 51.4 Å². The third kappa shape index (κ3) is 2.24. The zero-order valence-corrected chi connectivity index (χ0v) is 15.7. The Bertz CT molecular complexity index is 560. The summed E-state index contributed by atoms with van der Waals surface area (Å²) in [5.41, 5.74) is 12.4. The normalized spacial score (nSPS) is 32.7. The van der Waals surface area contributed by atoms with E-state index in [1.807, 2.05) is 11.1 Å². The topological polar surface area (TPSA) is 0 Å². The van der Waals surface area contributed by atoms with Gasteiger partial charge in [0, 0.05) is 0 Å². The van der Waals surface area contributed by atoms with Crippen molar-refractivity contribution in [3.63, 3.8) is 0 Å². The van der Waals surface area contributed by atoms with Crippen LogP contribution in [0.4, 0.5) is 0 Å². The maximum atomic E-state index is 2.68. The molecular formula is C21H30Si. The summed E-state index contributed by atoms with van der Waals surface area (Å²) in [6, 6.07) is 0. The highest BCUT2D eigenvalue weighted by Crippen LogP contribution is 2.53. The van der Waals surface area contributed by atoms with Crippen LogP contribution in [0.5, 0.6) is 0 Å². The Hall–Kier alpha value is -0.823. The van der Waals surface area contributed by atoms with Crippen molar-refractivity contribution in [1.82, 2.24) is 0 Å². The summed E-state index contributed by atoms with van der Waals surface area (Å²) in [5, 5.41) is 0. The van der Waals surface area contributed by atoms with Crippen LogP contribution in [0.3, 0.4) is 0 Å². The summed E-state index contributed by atoms with van der Waals surface area (Å²) in [6.07, 6.45) is 16.4. The molecule has 0 radical (unpaired) electrons. The van der Waals surface area contributed by atoms with Gasteiger partial charge in [-0.25, -0.2) is 0 Å². The lowest BCUT2D eigenvalue weighted by molar-refractivity contribution is 0.669. The van der Waals surface area contributed by atoms with Crippen LogP contribution in [0.15, 0.2) is 45.6 Å². The van der Waals surface area contributed by atoms with Crippen LogP contribution < -0.4 is 0 Å². The van der Waals surface area contributed by atoms with Crippen molar-refractivity contribution < 1.29 is 0 Å². The molecule has 0 heterocycles. The molecule has 0 aliphatic heterocycles. The minimum atomic E-state index is -0.863. The molecule has 4 aliphatic carbocycles. The van der Waals surface area contributed by atoms with Crippen LogP contribution in [0.2, 0.25) is 17.6 Å². The first-order valence-corrected chi connectivity index (χ1v) is 12.0. The average Bonchev–Trinajstić information content (AvgIpc) is 3.01. The summed E-state index contributed by atoms with van der Waals surface area (Å²) in [5.74, 6) is 0. The molecule has 0 nitrogen and oxygen atoms in total. The molecule has 4 rings (SSSR count). The maximum absolute atomic E-state index is 2.68. The van der Waals surface area contributed by atoms with E-state index >= 15 is 0 Å². The fourth-order valence-electron chi connectivity index (χ4n) is 5.88. The molecule has 0 saturated heterocycles. The van der Waals surface area contributed by atoms with Gasteiger partial charge < -0.3 is 0 Å². The molecule has 118 valence electrons. The van der Waals surface area contributed by atoms with E-state index in [2.05, 4.69) is 32.5 Å². The highest BCUT2D eigenvalue weighted by molar-refractivity contribution is 6.64. The van der Waals surface area contributed by atoms with E-state index < -0.39 is 8.80 Å². The summed E-state index contributed by atoms with van der Waals surface area (Å²) in [7, 11) is -0.863. The zero-order chi connectivity index (χ0) is 15.3. The molecule has 2 atom stereocenters. The number of hydrogen-bond acceptors (Lipinski definition) is 0. The van der Waals surface area contributed by atoms with Gasteiger partial charge in [-0.3, -0.25) is 0 Å². The van der Waals surface area contributed by atoms with Gasteiger partial charge in [0.2, 0.25) is 0 Å². The zero-order valence-electron chi connectivity index (χ0n) is 14.5. The Kier molecular flexibility index (Phi) is 3.80. The first-order valence-electron chi connectivity index (χ1n) is 9.47. The number of hydrogen-bond donors (Lipinski definition) is 0. The van der Waals surface area contributed by atoms with Crippen LogP contribution in [0.1, 0.15) is 65.2 Å². The summed E-state index contributed by atoms with van der Waals surface area (Å²) in [4.78, 5) is 0. The van der Waals surface area contributed by atoms with E-state index in [0.29, 0.717) is 0 Å². The fraction of sp³-hybridized carbons (Fsp3) is 0.619. The predicted molar refractivity (Wildman–Crippen MR) is 99.0 cm³/mol. The molecule has 0 saturated carbocycles. The van der Waals surface area contributed by atoms with Crippen LogP contribution in [-0.2, 0) is 0 Å². The van der Waals surface area contributed by atoms with Crippen molar-refractivity contribution in [3.8, 4) is 0 Å². The van der Waals surface area contributed by atoms with Gasteiger partial charge in [0.1, 0.15) is 0 Å². The van der Waals surface area contributed by atoms with Crippen LogP contribution >= 0.6 is 0 Å². The lowest BCUT2D eigenvalue weighted by Crippen LogP contribution is -2.27. The van der Waals surface area contributed by atoms with Crippen molar-refractivity contribution >= 4 is 8.80 Å². The van der Waals surface area contributed by atoms with Crippen LogP contribution in [0, 0.1) is 0 Å². The standard InChI is InChI=1S/C21H30Si/c1-14-12-16-8-4-6-10-18(16)20(14)22(3)21-15(2)13-17-9-5-7-11-19(17)21/h12-13,20-22H,4-11H2,1-3H3. The van der Waals surface area contributed by atoms with Crippen molar-refractivity contribution in [2.24, 2.45) is 0 Å². The molecule has 0 bridgehead atoms. The lowest BCUT2D eigenvalue weighted by atomic mass is 9.93. The smallest absolute Gasteiger partial charge is 0.0590 e. The molecule has 0 amide bonds. The number of rotatable bonds is 2. The first-order chi connectivity index (χ1) is 10.7. The molecular weight excluding hydrogens is 280 g/mol. The van der Waals surface area contributed by atoms with Crippen LogP contribution in [0.25, 0.3) is 0 Å². The minimum Gasteiger partial charge on any atom is -0.0705 e. The molecule has 2 unspecified atom stereocenters. The molecule has 0 aromatic heterocycles. The summed E-state index contributed by atoms with van der Waals surface area (Å²) < 4.78 is 0. The van der Waals surface area contributed by atoms with Crippen molar-refractivity contribution in [2.45, 2.75) is 82.8 Å². The molecule has 22 heavy (non-hydrogen) atoms. The van der Waals surface area contributed by atoms with E-state index in [4.69, 9.17) is 0 Å². The van der Waals surface area contributed by atoms with Gasteiger partial charge in [0.05, 0.1) is 8.80 Å². The van der Waals surface area contributed by atoms with E-state index in [1.54, 1.807) is 22.3 Å². The van der Waals surface area contributed by atoms with E-state index in [0.717, 1.165) is 11.1 Å². The second kappa shape index (κ2) is 5.67. The fourth-order valence-corrected chi connectivity index (χ4v) is 10.1. The predicted octanol–water partition coefficient (Wildman–Crippen LogP) is 6.24. The Morgan fingerprint density at radius 3 is 1.59 bits per heavy atom. The van der Waals surface area contributed by atoms with E-state index in [9.17, 15) is 0 Å². The molecule has 0 aromatic carbocycles. The molecule has 0 fully saturated rings. The van der Waals surface area contributed by atoms with Crippen molar-refractivity contribution in [2.75, 3.05) is 0 Å². The maximum Gasteiger partial charge on any atom is 0.0590 e. The Balaban J connectivity index is 1.66. The summed E-state index contributed by atoms with van der Waals surface area (Å²) >= 11 is 0. The highest BCUT2D eigenvalue weighted by Gasteiger charge is 2.39. The van der Waals surface area contributed by atoms with Gasteiger partial charge in [0.25, 0.3) is 0 Å². The average molecular weight is 311 g/mol. The lowest BCUT2D eigenvalue weighted by Gasteiger charge is -2.33. The molecule has 0 N–H and O–H groups in total. The first kappa shape index (κ1) is 14.7. The highest BCUT2D eigenvalue weighted by atomic mass is 28.3. The SMILES string of the molecule is CC1=CC2=C(CCCC2)C1[SiH](C)C1C(C)=CC2=C1CCCC2. The van der Waals surface area contributed by atoms with Gasteiger partial charge >= 0.3 is 0 Å². The Labute approximate surface area is 137 Å². The second-order valence-electron chi connectivity index (χ2n) is 8.11. The quantitative estimate of drug-likeness (QED) is 0.529. The molecule has 4 aliphatic rings. The number of allylic oxidation sites excluding steroid dienone is 8. The van der Waals surface area contributed by atoms with Crippen molar-refractivity contribution in [1.29, 1.82) is 0 Å². The monoisotopic (exact) mass is 310 g/mol. The van der Waals surface area contributed by atoms with Gasteiger partial charge in [-0.1, -0.05) is 41.0 Å². The van der Waals surface area contributed by atoms with Crippen LogP contribution in [-0.4, -0.2) is 8.80 Å². The Morgan fingerprint density at radius 1 is 0.727 bits per heavy atom. The van der Waals surface area contributed by atoms with Gasteiger partial charge in [-0.2, -0.15) is 0 Å². The summed E-state index contributed by atoms with van der Waals surface area (Å²) in [6.45, 7) is 7.53. The Morgan fingerprint density at radius 2 is 1.14 bits per heavy atom. The van der Waals surface area contributed by atoms with Crippen molar-refractivity contribution in [3.05, 3.63) is 45.6 Å². The minimum absolute atomic E-state index is 0.863. The largest absolute Gasteiger partial charge is 0.0705 e. The molecule has 0 aromatic rings. The molecule has 1 heteroatoms. The van der Waals surface area contributed by atoms with Gasteiger partial charge in [0.15, 0.2) is 0 Å². The van der Waals surface area contributed by atoms with Gasteiger partial charge in [-0.15, -0.1) is 0 Å². The third-order valence-corrected chi connectivity index (χ3v) is 10.7. The van der Waals surface area contributed by atoms with E-state index in [-0.39, 0.29) is 0 Å². The second-order valence-corrected chi connectivity index (χ2v) is 11.2.